The van der Waals surface area contributed by atoms with Crippen LogP contribution in [0.2, 0.25) is 0 Å². The highest BCUT2D eigenvalue weighted by Crippen LogP contribution is 2.17. The zero-order valence-electron chi connectivity index (χ0n) is 11.0. The minimum Gasteiger partial charge on any atom is -0.467 e. The predicted molar refractivity (Wildman–Crippen MR) is 74.2 cm³/mol. The number of aromatic nitrogens is 1. The third kappa shape index (κ3) is 3.42. The molecule has 0 unspecified atom stereocenters. The molecule has 2 rings (SSSR count). The van der Waals surface area contributed by atoms with Gasteiger partial charge in [-0.25, -0.2) is 4.98 Å². The van der Waals surface area contributed by atoms with E-state index in [0.29, 0.717) is 24.4 Å². The number of rotatable bonds is 5. The lowest BCUT2D eigenvalue weighted by Crippen LogP contribution is -2.25. The largest absolute Gasteiger partial charge is 0.467 e. The molecule has 102 valence electrons. The van der Waals surface area contributed by atoms with E-state index in [1.807, 2.05) is 13.8 Å². The fourth-order valence-electron chi connectivity index (χ4n) is 1.80. The third-order valence-corrected chi connectivity index (χ3v) is 3.89. The van der Waals surface area contributed by atoms with E-state index in [9.17, 15) is 4.79 Å². The Morgan fingerprint density at radius 3 is 2.89 bits per heavy atom. The third-order valence-electron chi connectivity index (χ3n) is 2.75. The molecule has 0 aliphatic rings. The zero-order chi connectivity index (χ0) is 13.8. The van der Waals surface area contributed by atoms with Crippen LogP contribution in [-0.2, 0) is 13.0 Å². The Labute approximate surface area is 115 Å². The molecule has 5 nitrogen and oxygen atoms in total. The van der Waals surface area contributed by atoms with Gasteiger partial charge in [-0.15, -0.1) is 11.3 Å². The van der Waals surface area contributed by atoms with Crippen LogP contribution < -0.4 is 11.1 Å². The van der Waals surface area contributed by atoms with E-state index in [0.717, 1.165) is 17.1 Å². The average molecular weight is 279 g/mol. The standard InChI is InChI=1S/C13H17N3O2S/c1-8-12(19-9(2)16-8)3-4-15-13(17)10-5-11(6-14)18-7-10/h5,7H,3-4,6,14H2,1-2H3,(H,15,17). The Kier molecular flexibility index (Phi) is 4.34. The zero-order valence-corrected chi connectivity index (χ0v) is 11.8. The quantitative estimate of drug-likeness (QED) is 0.874. The molecule has 0 saturated heterocycles. The molecule has 2 aromatic heterocycles. The van der Waals surface area contributed by atoms with Crippen LogP contribution in [0.5, 0.6) is 0 Å². The van der Waals surface area contributed by atoms with Gasteiger partial charge < -0.3 is 15.5 Å². The van der Waals surface area contributed by atoms with Gasteiger partial charge in [0.1, 0.15) is 12.0 Å². The number of carbonyl (C=O) groups excluding carboxylic acids is 1. The number of thiazole rings is 1. The molecular formula is C13H17N3O2S. The number of carbonyl (C=O) groups is 1. The molecule has 0 spiro atoms. The summed E-state index contributed by atoms with van der Waals surface area (Å²) in [6, 6.07) is 1.66. The maximum absolute atomic E-state index is 11.8. The van der Waals surface area contributed by atoms with Crippen LogP contribution in [0, 0.1) is 13.8 Å². The topological polar surface area (TPSA) is 81.2 Å². The average Bonchev–Trinajstić information content (AvgIpc) is 2.96. The predicted octanol–water partition coefficient (Wildman–Crippen LogP) is 1.78. The summed E-state index contributed by atoms with van der Waals surface area (Å²) in [5.41, 5.74) is 6.99. The highest BCUT2D eigenvalue weighted by Gasteiger charge is 2.10. The first kappa shape index (κ1) is 13.8. The van der Waals surface area contributed by atoms with Crippen molar-refractivity contribution in [3.63, 3.8) is 0 Å². The van der Waals surface area contributed by atoms with Crippen LogP contribution in [0.25, 0.3) is 0 Å². The monoisotopic (exact) mass is 279 g/mol. The molecule has 0 fully saturated rings. The summed E-state index contributed by atoms with van der Waals surface area (Å²) in [4.78, 5) is 17.4. The molecule has 19 heavy (non-hydrogen) atoms. The number of furan rings is 1. The van der Waals surface area contributed by atoms with E-state index in [1.54, 1.807) is 17.4 Å². The number of nitrogens with zero attached hydrogens (tertiary/aromatic N) is 1. The second kappa shape index (κ2) is 5.99. The van der Waals surface area contributed by atoms with Crippen molar-refractivity contribution in [3.8, 4) is 0 Å². The Hall–Kier alpha value is -1.66. The van der Waals surface area contributed by atoms with Crippen LogP contribution in [0.3, 0.4) is 0 Å². The first-order valence-corrected chi connectivity index (χ1v) is 6.90. The molecular weight excluding hydrogens is 262 g/mol. The number of aryl methyl sites for hydroxylation is 2. The summed E-state index contributed by atoms with van der Waals surface area (Å²) in [5.74, 6) is 0.474. The molecule has 2 aromatic rings. The van der Waals surface area contributed by atoms with Gasteiger partial charge in [0.15, 0.2) is 0 Å². The van der Waals surface area contributed by atoms with Gasteiger partial charge >= 0.3 is 0 Å². The Bertz CT molecular complexity index is 574. The van der Waals surface area contributed by atoms with Crippen molar-refractivity contribution in [2.45, 2.75) is 26.8 Å². The molecule has 0 saturated carbocycles. The summed E-state index contributed by atoms with van der Waals surface area (Å²) in [6.07, 6.45) is 2.23. The van der Waals surface area contributed by atoms with Gasteiger partial charge in [-0.2, -0.15) is 0 Å². The maximum Gasteiger partial charge on any atom is 0.254 e. The van der Waals surface area contributed by atoms with Gasteiger partial charge in [0, 0.05) is 17.8 Å². The first-order valence-electron chi connectivity index (χ1n) is 6.08. The number of nitrogens with one attached hydrogen (secondary N) is 1. The van der Waals surface area contributed by atoms with Crippen molar-refractivity contribution in [1.29, 1.82) is 0 Å². The SMILES string of the molecule is Cc1nc(C)c(CCNC(=O)c2coc(CN)c2)s1. The number of hydrogen-bond acceptors (Lipinski definition) is 5. The van der Waals surface area contributed by atoms with Gasteiger partial charge in [-0.3, -0.25) is 4.79 Å². The second-order valence-electron chi connectivity index (χ2n) is 4.25. The van der Waals surface area contributed by atoms with Crippen molar-refractivity contribution in [2.75, 3.05) is 6.54 Å². The van der Waals surface area contributed by atoms with Crippen molar-refractivity contribution in [2.24, 2.45) is 5.73 Å². The lowest BCUT2D eigenvalue weighted by Gasteiger charge is -2.02. The Balaban J connectivity index is 1.85. The first-order chi connectivity index (χ1) is 9.10. The molecule has 0 bridgehead atoms. The van der Waals surface area contributed by atoms with Gasteiger partial charge in [-0.1, -0.05) is 0 Å². The summed E-state index contributed by atoms with van der Waals surface area (Å²) in [7, 11) is 0. The molecule has 0 aliphatic carbocycles. The van der Waals surface area contributed by atoms with Crippen LogP contribution in [0.4, 0.5) is 0 Å². The molecule has 0 radical (unpaired) electrons. The fraction of sp³-hybridized carbons (Fsp3) is 0.385. The molecule has 1 amide bonds. The molecule has 2 heterocycles. The molecule has 0 aliphatic heterocycles. The van der Waals surface area contributed by atoms with Gasteiger partial charge in [0.05, 0.1) is 22.8 Å². The van der Waals surface area contributed by atoms with E-state index in [4.69, 9.17) is 10.2 Å². The van der Waals surface area contributed by atoms with Crippen molar-refractivity contribution < 1.29 is 9.21 Å². The highest BCUT2D eigenvalue weighted by molar-refractivity contribution is 7.11. The fourth-order valence-corrected chi connectivity index (χ4v) is 2.74. The molecule has 3 N–H and O–H groups in total. The smallest absolute Gasteiger partial charge is 0.254 e. The summed E-state index contributed by atoms with van der Waals surface area (Å²) in [6.45, 7) is 4.86. The molecule has 0 aromatic carbocycles. The normalized spacial score (nSPS) is 10.7. The lowest BCUT2D eigenvalue weighted by atomic mass is 10.2. The molecule has 6 heteroatoms. The van der Waals surface area contributed by atoms with E-state index < -0.39 is 0 Å². The van der Waals surface area contributed by atoms with E-state index in [1.165, 1.54) is 11.1 Å². The van der Waals surface area contributed by atoms with Gasteiger partial charge in [0.2, 0.25) is 0 Å². The molecule has 0 atom stereocenters. The highest BCUT2D eigenvalue weighted by atomic mass is 32.1. The maximum atomic E-state index is 11.8. The Morgan fingerprint density at radius 2 is 2.32 bits per heavy atom. The Morgan fingerprint density at radius 1 is 1.53 bits per heavy atom. The van der Waals surface area contributed by atoms with Crippen molar-refractivity contribution >= 4 is 17.2 Å². The number of amides is 1. The van der Waals surface area contributed by atoms with Crippen LogP contribution in [0.1, 0.15) is 31.7 Å². The van der Waals surface area contributed by atoms with Crippen LogP contribution in [-0.4, -0.2) is 17.4 Å². The van der Waals surface area contributed by atoms with Gasteiger partial charge in [0.25, 0.3) is 5.91 Å². The lowest BCUT2D eigenvalue weighted by molar-refractivity contribution is 0.0953. The summed E-state index contributed by atoms with van der Waals surface area (Å²) in [5, 5.41) is 3.92. The van der Waals surface area contributed by atoms with Crippen LogP contribution in [0.15, 0.2) is 16.7 Å². The van der Waals surface area contributed by atoms with Crippen molar-refractivity contribution in [1.82, 2.24) is 10.3 Å². The summed E-state index contributed by atoms with van der Waals surface area (Å²) < 4.78 is 5.13. The van der Waals surface area contributed by atoms with Crippen LogP contribution >= 0.6 is 11.3 Å². The second-order valence-corrected chi connectivity index (χ2v) is 5.54. The van der Waals surface area contributed by atoms with E-state index in [-0.39, 0.29) is 5.91 Å². The van der Waals surface area contributed by atoms with Gasteiger partial charge in [-0.05, 0) is 19.9 Å². The minimum absolute atomic E-state index is 0.137. The number of hydrogen-bond donors (Lipinski definition) is 2. The van der Waals surface area contributed by atoms with E-state index >= 15 is 0 Å². The van der Waals surface area contributed by atoms with Crippen molar-refractivity contribution in [3.05, 3.63) is 39.2 Å². The van der Waals surface area contributed by atoms with E-state index in [2.05, 4.69) is 10.3 Å². The minimum atomic E-state index is -0.137. The number of nitrogens with two attached hydrogens (primary N) is 1. The summed E-state index contributed by atoms with van der Waals surface area (Å²) >= 11 is 1.67.